The van der Waals surface area contributed by atoms with E-state index < -0.39 is 64.8 Å². The number of nitrogens with one attached hydrogen (secondary N) is 1. The minimum absolute atomic E-state index is 0.140. The molecule has 252 valence electrons. The summed E-state index contributed by atoms with van der Waals surface area (Å²) in [7, 11) is -9.90. The van der Waals surface area contributed by atoms with Crippen LogP contribution in [0.4, 0.5) is 17.1 Å². The fourth-order valence-corrected chi connectivity index (χ4v) is 6.07. The molecule has 0 atom stereocenters. The third-order valence-electron chi connectivity index (χ3n) is 6.55. The standard InChI is InChI=1S/C18H14Cl2N2O9S2.C13H13NO/c19-8-1-3-12(10(20)5-8)31-7-15(23)22-11-2-4-13(32(25,26)27)9-6-14(33(28,29)30)17(21)18(24)16(9)11;1-10-6-2-4-8-12(10)15-13-9-5-3-7-11(13)14/h1-6,24H,7,21H2,(H,22,23)(H,25,26,27)(H,28,29,30);2-9H,14H2,1H3. The summed E-state index contributed by atoms with van der Waals surface area (Å²) >= 11 is 11.8. The van der Waals surface area contributed by atoms with Gasteiger partial charge in [0.1, 0.15) is 32.8 Å². The molecule has 1 amide bonds. The van der Waals surface area contributed by atoms with Gasteiger partial charge in [-0.25, -0.2) is 0 Å². The highest BCUT2D eigenvalue weighted by molar-refractivity contribution is 7.86. The normalized spacial score (nSPS) is 11.4. The number of fused-ring (bicyclic) bond motifs is 1. The molecule has 0 aliphatic heterocycles. The van der Waals surface area contributed by atoms with Crippen molar-refractivity contribution in [2.45, 2.75) is 16.7 Å². The molecule has 17 heteroatoms. The van der Waals surface area contributed by atoms with E-state index >= 15 is 0 Å². The second kappa shape index (κ2) is 14.6. The van der Waals surface area contributed by atoms with Crippen LogP contribution in [-0.4, -0.2) is 43.6 Å². The van der Waals surface area contributed by atoms with Crippen LogP contribution in [0.3, 0.4) is 0 Å². The number of ether oxygens (including phenoxy) is 2. The zero-order chi connectivity index (χ0) is 35.4. The number of aromatic hydroxyl groups is 1. The molecule has 0 saturated heterocycles. The number of para-hydroxylation sites is 3. The largest absolute Gasteiger partial charge is 0.505 e. The summed E-state index contributed by atoms with van der Waals surface area (Å²) < 4.78 is 76.5. The van der Waals surface area contributed by atoms with E-state index in [0.29, 0.717) is 22.5 Å². The maximum Gasteiger partial charge on any atom is 0.296 e. The number of nitrogen functional groups attached to an aromatic ring is 2. The third-order valence-corrected chi connectivity index (χ3v) is 8.89. The number of benzene rings is 5. The molecule has 0 aromatic heterocycles. The lowest BCUT2D eigenvalue weighted by atomic mass is 10.1. The van der Waals surface area contributed by atoms with E-state index in [1.165, 1.54) is 18.2 Å². The van der Waals surface area contributed by atoms with Gasteiger partial charge in [0.2, 0.25) is 0 Å². The van der Waals surface area contributed by atoms with Crippen molar-refractivity contribution in [3.63, 3.8) is 0 Å². The first kappa shape index (κ1) is 36.1. The molecule has 0 aliphatic rings. The molecule has 5 aromatic carbocycles. The molecule has 0 saturated carbocycles. The number of hydrogen-bond donors (Lipinski definition) is 6. The molecule has 0 bridgehead atoms. The minimum Gasteiger partial charge on any atom is -0.505 e. The Hall–Kier alpha value is -4.77. The van der Waals surface area contributed by atoms with Crippen molar-refractivity contribution < 1.29 is 45.3 Å². The van der Waals surface area contributed by atoms with Gasteiger partial charge in [-0.1, -0.05) is 53.5 Å². The fourth-order valence-electron chi connectivity index (χ4n) is 4.29. The van der Waals surface area contributed by atoms with E-state index in [1.807, 2.05) is 55.5 Å². The number of nitrogens with two attached hydrogens (primary N) is 2. The molecule has 0 unspecified atom stereocenters. The highest BCUT2D eigenvalue weighted by Gasteiger charge is 2.26. The van der Waals surface area contributed by atoms with Gasteiger partial charge in [-0.15, -0.1) is 0 Å². The van der Waals surface area contributed by atoms with Gasteiger partial charge in [-0.05, 0) is 67.1 Å². The summed E-state index contributed by atoms with van der Waals surface area (Å²) in [5.74, 6) is -0.0452. The predicted octanol–water partition coefficient (Wildman–Crippen LogP) is 6.31. The van der Waals surface area contributed by atoms with E-state index in [4.69, 9.17) is 44.1 Å². The number of anilines is 3. The first-order valence-electron chi connectivity index (χ1n) is 13.5. The number of phenols is 1. The molecule has 0 radical (unpaired) electrons. The smallest absolute Gasteiger partial charge is 0.296 e. The van der Waals surface area contributed by atoms with E-state index in [-0.39, 0.29) is 16.5 Å². The lowest BCUT2D eigenvalue weighted by molar-refractivity contribution is -0.118. The molecule has 0 aliphatic carbocycles. The third kappa shape index (κ3) is 8.57. The van der Waals surface area contributed by atoms with Gasteiger partial charge >= 0.3 is 0 Å². The first-order chi connectivity index (χ1) is 22.5. The quantitative estimate of drug-likeness (QED) is 0.0585. The Kier molecular flexibility index (Phi) is 10.9. The maximum absolute atomic E-state index is 12.4. The van der Waals surface area contributed by atoms with Crippen molar-refractivity contribution in [3.8, 4) is 23.0 Å². The van der Waals surface area contributed by atoms with Gasteiger partial charge in [-0.2, -0.15) is 16.8 Å². The molecular formula is C31H27Cl2N3O10S2. The Morgan fingerprint density at radius 1 is 0.812 bits per heavy atom. The minimum atomic E-state index is -4.98. The number of carbonyl (C=O) groups is 1. The van der Waals surface area contributed by atoms with Crippen LogP contribution in [0.25, 0.3) is 10.8 Å². The molecule has 8 N–H and O–H groups in total. The lowest BCUT2D eigenvalue weighted by Crippen LogP contribution is -2.20. The maximum atomic E-state index is 12.4. The monoisotopic (exact) mass is 735 g/mol. The van der Waals surface area contributed by atoms with Crippen molar-refractivity contribution in [3.05, 3.63) is 101 Å². The van der Waals surface area contributed by atoms with E-state index in [1.54, 1.807) is 0 Å². The molecule has 13 nitrogen and oxygen atoms in total. The first-order valence-corrected chi connectivity index (χ1v) is 17.1. The Labute approximate surface area is 285 Å². The molecule has 0 fully saturated rings. The van der Waals surface area contributed by atoms with Crippen molar-refractivity contribution in [2.75, 3.05) is 23.4 Å². The number of aryl methyl sites for hydroxylation is 1. The van der Waals surface area contributed by atoms with Gasteiger partial charge in [0.05, 0.1) is 27.5 Å². The van der Waals surface area contributed by atoms with Crippen LogP contribution in [0.15, 0.2) is 94.7 Å². The summed E-state index contributed by atoms with van der Waals surface area (Å²) in [6.45, 7) is 1.44. The molecule has 48 heavy (non-hydrogen) atoms. The highest BCUT2D eigenvalue weighted by Crippen LogP contribution is 2.42. The number of rotatable bonds is 8. The summed E-state index contributed by atoms with van der Waals surface area (Å²) in [6.07, 6.45) is 0. The Balaban J connectivity index is 0.000000287. The zero-order valence-electron chi connectivity index (χ0n) is 24.7. The SMILES string of the molecule is Cc1ccccc1Oc1ccccc1N.Nc1c(S(=O)(=O)O)cc2c(S(=O)(=O)O)ccc(NC(=O)COc3ccc(Cl)cc3Cl)c2c1O. The average molecular weight is 737 g/mol. The highest BCUT2D eigenvalue weighted by atomic mass is 35.5. The summed E-state index contributed by atoms with van der Waals surface area (Å²) in [6, 6.07) is 22.2. The van der Waals surface area contributed by atoms with E-state index in [2.05, 4.69) is 5.32 Å². The van der Waals surface area contributed by atoms with Crippen molar-refractivity contribution in [2.24, 2.45) is 0 Å². The van der Waals surface area contributed by atoms with Crippen LogP contribution < -0.4 is 26.3 Å². The van der Waals surface area contributed by atoms with E-state index in [0.717, 1.165) is 23.4 Å². The average Bonchev–Trinajstić information content (AvgIpc) is 3.00. The summed E-state index contributed by atoms with van der Waals surface area (Å²) in [5, 5.41) is 12.4. The second-order valence-electron chi connectivity index (χ2n) is 9.94. The van der Waals surface area contributed by atoms with Crippen LogP contribution in [0.5, 0.6) is 23.0 Å². The van der Waals surface area contributed by atoms with Gasteiger partial charge in [0.25, 0.3) is 26.1 Å². The van der Waals surface area contributed by atoms with Gasteiger partial charge in [-0.3, -0.25) is 13.9 Å². The topological polar surface area (TPSA) is 229 Å². The van der Waals surface area contributed by atoms with Gasteiger partial charge < -0.3 is 31.4 Å². The number of halogens is 2. The molecule has 5 rings (SSSR count). The molecular weight excluding hydrogens is 709 g/mol. The Morgan fingerprint density at radius 3 is 2.04 bits per heavy atom. The fraction of sp³-hybridized carbons (Fsp3) is 0.0645. The summed E-state index contributed by atoms with van der Waals surface area (Å²) in [5.41, 5.74) is 12.1. The van der Waals surface area contributed by atoms with Crippen LogP contribution in [0.2, 0.25) is 10.0 Å². The van der Waals surface area contributed by atoms with Crippen LogP contribution in [0.1, 0.15) is 5.56 Å². The molecule has 5 aromatic rings. The van der Waals surface area contributed by atoms with E-state index in [9.17, 15) is 35.8 Å². The second-order valence-corrected chi connectivity index (χ2v) is 13.6. The predicted molar refractivity (Wildman–Crippen MR) is 182 cm³/mol. The number of carbonyl (C=O) groups excluding carboxylic acids is 1. The summed E-state index contributed by atoms with van der Waals surface area (Å²) in [4.78, 5) is 10.6. The van der Waals surface area contributed by atoms with Crippen LogP contribution >= 0.6 is 23.2 Å². The van der Waals surface area contributed by atoms with Crippen LogP contribution in [-0.2, 0) is 25.0 Å². The van der Waals surface area contributed by atoms with Crippen molar-refractivity contribution in [1.29, 1.82) is 0 Å². The number of amides is 1. The lowest BCUT2D eigenvalue weighted by Gasteiger charge is -2.16. The van der Waals surface area contributed by atoms with Gasteiger partial charge in [0, 0.05) is 10.4 Å². The van der Waals surface area contributed by atoms with Crippen LogP contribution in [0, 0.1) is 6.92 Å². The van der Waals surface area contributed by atoms with Crippen molar-refractivity contribution in [1.82, 2.24) is 0 Å². The number of phenolic OH excluding ortho intramolecular Hbond substituents is 1. The van der Waals surface area contributed by atoms with Gasteiger partial charge in [0.15, 0.2) is 6.61 Å². The zero-order valence-corrected chi connectivity index (χ0v) is 27.9. The number of hydrogen-bond acceptors (Lipinski definition) is 10. The Bertz CT molecular complexity index is 2210. The molecule has 0 heterocycles. The van der Waals surface area contributed by atoms with Crippen molar-refractivity contribution >= 4 is 77.2 Å². The Morgan fingerprint density at radius 2 is 1.44 bits per heavy atom. The molecule has 0 spiro atoms.